The lowest BCUT2D eigenvalue weighted by atomic mass is 10.0. The molecule has 4 nitrogen and oxygen atoms in total. The third kappa shape index (κ3) is 2.80. The first-order valence-electron chi connectivity index (χ1n) is 3.11. The smallest absolute Gasteiger partial charge is 0.332 e. The van der Waals surface area contributed by atoms with E-state index in [0.29, 0.717) is 6.42 Å². The standard InChI is InChI=1S/C6H12O4/c1-4(2-3-7)5(8)6(9)10/h4-5,7-8H,2-3H2,1H3,(H,9,10)/t4-,5+/m1/s1. The van der Waals surface area contributed by atoms with E-state index in [1.807, 2.05) is 0 Å². The van der Waals surface area contributed by atoms with Crippen molar-refractivity contribution in [2.24, 2.45) is 5.92 Å². The second-order valence-corrected chi connectivity index (χ2v) is 2.27. The van der Waals surface area contributed by atoms with E-state index < -0.39 is 12.1 Å². The van der Waals surface area contributed by atoms with Gasteiger partial charge in [0.05, 0.1) is 0 Å². The normalized spacial score (nSPS) is 16.3. The van der Waals surface area contributed by atoms with Crippen molar-refractivity contribution in [3.63, 3.8) is 0 Å². The predicted octanol–water partition coefficient (Wildman–Crippen LogP) is -0.550. The Kier molecular flexibility index (Phi) is 3.99. The number of rotatable bonds is 4. The van der Waals surface area contributed by atoms with Crippen molar-refractivity contribution in [3.8, 4) is 0 Å². The summed E-state index contributed by atoms with van der Waals surface area (Å²) in [6.45, 7) is 1.49. The highest BCUT2D eigenvalue weighted by molar-refractivity contribution is 5.72. The van der Waals surface area contributed by atoms with Crippen LogP contribution >= 0.6 is 0 Å². The van der Waals surface area contributed by atoms with E-state index in [1.54, 1.807) is 6.92 Å². The summed E-state index contributed by atoms with van der Waals surface area (Å²) in [6, 6.07) is 0. The summed E-state index contributed by atoms with van der Waals surface area (Å²) in [6.07, 6.45) is -1.04. The van der Waals surface area contributed by atoms with Gasteiger partial charge in [0.1, 0.15) is 0 Å². The van der Waals surface area contributed by atoms with Gasteiger partial charge in [-0.1, -0.05) is 6.92 Å². The van der Waals surface area contributed by atoms with Gasteiger partial charge in [-0.3, -0.25) is 0 Å². The van der Waals surface area contributed by atoms with Crippen LogP contribution in [-0.4, -0.2) is 34.0 Å². The van der Waals surface area contributed by atoms with Crippen molar-refractivity contribution in [2.75, 3.05) is 6.61 Å². The Morgan fingerprint density at radius 1 is 1.60 bits per heavy atom. The van der Waals surface area contributed by atoms with Gasteiger partial charge in [0.15, 0.2) is 6.10 Å². The fourth-order valence-electron chi connectivity index (χ4n) is 0.605. The van der Waals surface area contributed by atoms with Gasteiger partial charge in [0.2, 0.25) is 0 Å². The molecule has 0 amide bonds. The third-order valence-corrected chi connectivity index (χ3v) is 1.38. The molecule has 0 aromatic rings. The van der Waals surface area contributed by atoms with Crippen LogP contribution < -0.4 is 0 Å². The minimum atomic E-state index is -1.35. The van der Waals surface area contributed by atoms with Crippen molar-refractivity contribution >= 4 is 5.97 Å². The molecule has 0 saturated carbocycles. The molecule has 3 N–H and O–H groups in total. The molecule has 60 valence electrons. The van der Waals surface area contributed by atoms with Crippen molar-refractivity contribution in [3.05, 3.63) is 0 Å². The summed E-state index contributed by atoms with van der Waals surface area (Å²) in [7, 11) is 0. The first-order chi connectivity index (χ1) is 4.59. The molecule has 0 saturated heterocycles. The zero-order valence-electron chi connectivity index (χ0n) is 5.82. The SMILES string of the molecule is C[C@H](CCO)[C@H](O)C(=O)O. The van der Waals surface area contributed by atoms with Crippen molar-refractivity contribution in [2.45, 2.75) is 19.4 Å². The lowest BCUT2D eigenvalue weighted by Crippen LogP contribution is -2.27. The highest BCUT2D eigenvalue weighted by Crippen LogP contribution is 2.06. The quantitative estimate of drug-likeness (QED) is 0.500. The second kappa shape index (κ2) is 4.24. The van der Waals surface area contributed by atoms with Crippen molar-refractivity contribution < 1.29 is 20.1 Å². The number of hydrogen-bond acceptors (Lipinski definition) is 3. The molecule has 0 aromatic carbocycles. The number of carbonyl (C=O) groups is 1. The lowest BCUT2D eigenvalue weighted by molar-refractivity contribution is -0.149. The van der Waals surface area contributed by atoms with Crippen LogP contribution in [0.3, 0.4) is 0 Å². The summed E-state index contributed by atoms with van der Waals surface area (Å²) in [5, 5.41) is 25.4. The zero-order chi connectivity index (χ0) is 8.15. The number of hydrogen-bond donors (Lipinski definition) is 3. The maximum Gasteiger partial charge on any atom is 0.332 e. The van der Waals surface area contributed by atoms with Crippen LogP contribution in [0.25, 0.3) is 0 Å². The maximum atomic E-state index is 10.1. The van der Waals surface area contributed by atoms with Crippen molar-refractivity contribution in [1.82, 2.24) is 0 Å². The Hall–Kier alpha value is -0.610. The van der Waals surface area contributed by atoms with E-state index in [0.717, 1.165) is 0 Å². The molecule has 0 aromatic heterocycles. The molecule has 0 spiro atoms. The molecule has 0 heterocycles. The first-order valence-corrected chi connectivity index (χ1v) is 3.11. The Labute approximate surface area is 59.1 Å². The van der Waals surface area contributed by atoms with E-state index in [4.69, 9.17) is 15.3 Å². The summed E-state index contributed by atoms with van der Waals surface area (Å²) < 4.78 is 0. The number of aliphatic hydroxyl groups excluding tert-OH is 2. The van der Waals surface area contributed by atoms with Gasteiger partial charge < -0.3 is 15.3 Å². The predicted molar refractivity (Wildman–Crippen MR) is 34.5 cm³/mol. The molecule has 0 rings (SSSR count). The molecule has 0 radical (unpaired) electrons. The second-order valence-electron chi connectivity index (χ2n) is 2.27. The van der Waals surface area contributed by atoms with Gasteiger partial charge in [-0.05, 0) is 12.3 Å². The topological polar surface area (TPSA) is 77.8 Å². The highest BCUT2D eigenvalue weighted by atomic mass is 16.4. The average molecular weight is 148 g/mol. The zero-order valence-corrected chi connectivity index (χ0v) is 5.82. The lowest BCUT2D eigenvalue weighted by Gasteiger charge is -2.12. The summed E-state index contributed by atoms with van der Waals surface area (Å²) >= 11 is 0. The maximum absolute atomic E-state index is 10.1. The van der Waals surface area contributed by atoms with Gasteiger partial charge in [-0.15, -0.1) is 0 Å². The molecule has 0 aliphatic carbocycles. The van der Waals surface area contributed by atoms with Crippen LogP contribution in [-0.2, 0) is 4.79 Å². The highest BCUT2D eigenvalue weighted by Gasteiger charge is 2.20. The molecule has 4 heteroatoms. The number of carboxylic acids is 1. The third-order valence-electron chi connectivity index (χ3n) is 1.38. The molecule has 0 bridgehead atoms. The molecular weight excluding hydrogens is 136 g/mol. The van der Waals surface area contributed by atoms with Gasteiger partial charge >= 0.3 is 5.97 Å². The van der Waals surface area contributed by atoms with E-state index in [1.165, 1.54) is 0 Å². The minimum Gasteiger partial charge on any atom is -0.479 e. The van der Waals surface area contributed by atoms with E-state index in [9.17, 15) is 4.79 Å². The molecule has 0 aliphatic heterocycles. The summed E-state index contributed by atoms with van der Waals surface area (Å²) in [4.78, 5) is 10.1. The van der Waals surface area contributed by atoms with Gasteiger partial charge in [0, 0.05) is 6.61 Å². The van der Waals surface area contributed by atoms with Crippen LogP contribution in [0.15, 0.2) is 0 Å². The Balaban J connectivity index is 3.69. The number of carboxylic acid groups (broad SMARTS) is 1. The van der Waals surface area contributed by atoms with E-state index in [2.05, 4.69) is 0 Å². The van der Waals surface area contributed by atoms with Crippen LogP contribution in [0, 0.1) is 5.92 Å². The van der Waals surface area contributed by atoms with Crippen LogP contribution in [0.2, 0.25) is 0 Å². The van der Waals surface area contributed by atoms with E-state index >= 15 is 0 Å². The fraction of sp³-hybridized carbons (Fsp3) is 0.833. The molecular formula is C6H12O4. The Morgan fingerprint density at radius 2 is 2.10 bits per heavy atom. The number of aliphatic carboxylic acids is 1. The van der Waals surface area contributed by atoms with Crippen LogP contribution in [0.4, 0.5) is 0 Å². The van der Waals surface area contributed by atoms with Gasteiger partial charge in [-0.2, -0.15) is 0 Å². The first kappa shape index (κ1) is 9.39. The van der Waals surface area contributed by atoms with E-state index in [-0.39, 0.29) is 12.5 Å². The fourth-order valence-corrected chi connectivity index (χ4v) is 0.605. The van der Waals surface area contributed by atoms with Crippen molar-refractivity contribution in [1.29, 1.82) is 0 Å². The average Bonchev–Trinajstić information content (AvgIpc) is 1.87. The van der Waals surface area contributed by atoms with Gasteiger partial charge in [0.25, 0.3) is 0 Å². The molecule has 2 atom stereocenters. The Bertz CT molecular complexity index is 112. The Morgan fingerprint density at radius 3 is 2.40 bits per heavy atom. The largest absolute Gasteiger partial charge is 0.479 e. The summed E-state index contributed by atoms with van der Waals surface area (Å²) in [5.41, 5.74) is 0. The summed E-state index contributed by atoms with van der Waals surface area (Å²) in [5.74, 6) is -1.62. The molecule has 0 fully saturated rings. The number of aliphatic hydroxyl groups is 2. The minimum absolute atomic E-state index is 0.0918. The van der Waals surface area contributed by atoms with Gasteiger partial charge in [-0.25, -0.2) is 4.79 Å². The monoisotopic (exact) mass is 148 g/mol. The van der Waals surface area contributed by atoms with Crippen LogP contribution in [0.5, 0.6) is 0 Å². The molecule has 0 unspecified atom stereocenters. The molecule has 0 aliphatic rings. The molecule has 10 heavy (non-hydrogen) atoms. The van der Waals surface area contributed by atoms with Crippen LogP contribution in [0.1, 0.15) is 13.3 Å².